The number of nitro groups is 1. The number of rotatable bonds is 5. The van der Waals surface area contributed by atoms with Crippen molar-refractivity contribution in [3.05, 3.63) is 28.0 Å². The van der Waals surface area contributed by atoms with Gasteiger partial charge in [-0.05, 0) is 33.8 Å². The van der Waals surface area contributed by atoms with Crippen molar-refractivity contribution in [3.8, 4) is 0 Å². The van der Waals surface area contributed by atoms with Crippen LogP contribution in [0.15, 0.2) is 16.5 Å². The lowest BCUT2D eigenvalue weighted by Crippen LogP contribution is -2.58. The number of carbonyl (C=O) groups is 2. The first kappa shape index (κ1) is 17.0. The third-order valence-corrected chi connectivity index (χ3v) is 3.87. The van der Waals surface area contributed by atoms with Crippen molar-refractivity contribution in [1.29, 1.82) is 0 Å². The summed E-state index contributed by atoms with van der Waals surface area (Å²) in [6.07, 6.45) is 0. The molecular formula is C15H21N3O5. The highest BCUT2D eigenvalue weighted by molar-refractivity contribution is 5.94. The molecule has 1 fully saturated rings. The van der Waals surface area contributed by atoms with Crippen LogP contribution in [0, 0.1) is 16.0 Å². The highest BCUT2D eigenvalue weighted by Gasteiger charge is 2.40. The first-order valence-electron chi connectivity index (χ1n) is 7.58. The maximum atomic E-state index is 12.5. The summed E-state index contributed by atoms with van der Waals surface area (Å²) < 4.78 is 4.90. The quantitative estimate of drug-likeness (QED) is 0.609. The molecule has 0 bridgehead atoms. The predicted octanol–water partition coefficient (Wildman–Crippen LogP) is 1.91. The molecule has 0 unspecified atom stereocenters. The van der Waals surface area contributed by atoms with Gasteiger partial charge in [0.15, 0.2) is 5.76 Å². The van der Waals surface area contributed by atoms with Gasteiger partial charge in [0.1, 0.15) is 4.92 Å². The molecule has 0 aliphatic carbocycles. The number of hydrogen-bond acceptors (Lipinski definition) is 5. The van der Waals surface area contributed by atoms with Gasteiger partial charge in [-0.15, -0.1) is 0 Å². The van der Waals surface area contributed by atoms with Gasteiger partial charge in [0.2, 0.25) is 5.91 Å². The average molecular weight is 323 g/mol. The molecule has 1 saturated heterocycles. The molecule has 23 heavy (non-hydrogen) atoms. The molecule has 0 saturated carbocycles. The van der Waals surface area contributed by atoms with Gasteiger partial charge in [0.05, 0.1) is 12.0 Å². The van der Waals surface area contributed by atoms with E-state index in [4.69, 9.17) is 4.42 Å². The van der Waals surface area contributed by atoms with Gasteiger partial charge in [-0.25, -0.2) is 0 Å². The molecule has 126 valence electrons. The Morgan fingerprint density at radius 1 is 1.26 bits per heavy atom. The second-order valence-corrected chi connectivity index (χ2v) is 6.24. The largest absolute Gasteiger partial charge is 0.433 e. The van der Waals surface area contributed by atoms with Crippen LogP contribution in [0.4, 0.5) is 5.88 Å². The molecule has 1 aromatic heterocycles. The van der Waals surface area contributed by atoms with Crippen LogP contribution in [0.25, 0.3) is 0 Å². The van der Waals surface area contributed by atoms with Crippen LogP contribution in [-0.4, -0.2) is 51.7 Å². The van der Waals surface area contributed by atoms with Gasteiger partial charge in [0.25, 0.3) is 5.91 Å². The van der Waals surface area contributed by atoms with Crippen LogP contribution < -0.4 is 0 Å². The van der Waals surface area contributed by atoms with Crippen molar-refractivity contribution in [1.82, 2.24) is 9.80 Å². The van der Waals surface area contributed by atoms with E-state index in [-0.39, 0.29) is 29.7 Å². The molecule has 8 heteroatoms. The second kappa shape index (κ2) is 6.39. The van der Waals surface area contributed by atoms with Crippen molar-refractivity contribution in [2.45, 2.75) is 39.8 Å². The lowest BCUT2D eigenvalue weighted by atomic mass is 9.96. The van der Waals surface area contributed by atoms with Crippen LogP contribution >= 0.6 is 0 Å². The van der Waals surface area contributed by atoms with E-state index in [1.54, 1.807) is 0 Å². The van der Waals surface area contributed by atoms with Gasteiger partial charge >= 0.3 is 5.88 Å². The molecule has 0 spiro atoms. The highest BCUT2D eigenvalue weighted by atomic mass is 16.6. The Labute approximate surface area is 134 Å². The summed E-state index contributed by atoms with van der Waals surface area (Å²) in [5, 5.41) is 10.6. The standard InChI is InChI=1S/C15H21N3O5/c1-9(2)17(10(3)4)14(19)11-7-16(8-11)15(20)12-5-6-13(23-12)18(21)22/h5-6,9-11H,7-8H2,1-4H3. The average Bonchev–Trinajstić information content (AvgIpc) is 2.85. The normalized spacial score (nSPS) is 15.0. The topological polar surface area (TPSA) is 96.9 Å². The van der Waals surface area contributed by atoms with Crippen molar-refractivity contribution in [2.24, 2.45) is 5.92 Å². The summed E-state index contributed by atoms with van der Waals surface area (Å²) in [5.41, 5.74) is 0. The lowest BCUT2D eigenvalue weighted by molar-refractivity contribution is -0.402. The predicted molar refractivity (Wildman–Crippen MR) is 81.9 cm³/mol. The summed E-state index contributed by atoms with van der Waals surface area (Å²) in [6, 6.07) is 2.62. The van der Waals surface area contributed by atoms with E-state index in [1.807, 2.05) is 32.6 Å². The molecule has 1 aliphatic heterocycles. The van der Waals surface area contributed by atoms with Crippen LogP contribution in [0.3, 0.4) is 0 Å². The number of hydrogen-bond donors (Lipinski definition) is 0. The summed E-state index contributed by atoms with van der Waals surface area (Å²) in [7, 11) is 0. The summed E-state index contributed by atoms with van der Waals surface area (Å²) in [4.78, 5) is 37.8. The number of furan rings is 1. The molecular weight excluding hydrogens is 302 g/mol. The molecule has 1 aromatic rings. The van der Waals surface area contributed by atoms with Crippen molar-refractivity contribution in [3.63, 3.8) is 0 Å². The van der Waals surface area contributed by atoms with Gasteiger partial charge in [-0.2, -0.15) is 0 Å². The first-order chi connectivity index (χ1) is 10.7. The number of carbonyl (C=O) groups excluding carboxylic acids is 2. The number of likely N-dealkylation sites (tertiary alicyclic amines) is 1. The van der Waals surface area contributed by atoms with Crippen molar-refractivity contribution < 1.29 is 18.9 Å². The molecule has 0 radical (unpaired) electrons. The maximum absolute atomic E-state index is 12.5. The summed E-state index contributed by atoms with van der Waals surface area (Å²) >= 11 is 0. The van der Waals surface area contributed by atoms with E-state index in [0.29, 0.717) is 13.1 Å². The smallest absolute Gasteiger partial charge is 0.395 e. The molecule has 2 heterocycles. The highest BCUT2D eigenvalue weighted by Crippen LogP contribution is 2.25. The van der Waals surface area contributed by atoms with E-state index in [0.717, 1.165) is 6.07 Å². The van der Waals surface area contributed by atoms with Crippen molar-refractivity contribution in [2.75, 3.05) is 13.1 Å². The van der Waals surface area contributed by atoms with Gasteiger partial charge in [-0.3, -0.25) is 19.7 Å². The minimum atomic E-state index is -0.692. The maximum Gasteiger partial charge on any atom is 0.433 e. The van der Waals surface area contributed by atoms with E-state index in [9.17, 15) is 19.7 Å². The molecule has 0 N–H and O–H groups in total. The Morgan fingerprint density at radius 3 is 2.26 bits per heavy atom. The zero-order valence-electron chi connectivity index (χ0n) is 13.7. The zero-order chi connectivity index (χ0) is 17.3. The second-order valence-electron chi connectivity index (χ2n) is 6.24. The minimum absolute atomic E-state index is 0.0319. The Morgan fingerprint density at radius 2 is 1.83 bits per heavy atom. The minimum Gasteiger partial charge on any atom is -0.395 e. The SMILES string of the molecule is CC(C)N(C(=O)C1CN(C(=O)c2ccc([N+](=O)[O-])o2)C1)C(C)C. The molecule has 0 atom stereocenters. The lowest BCUT2D eigenvalue weighted by Gasteiger charge is -2.42. The van der Waals surface area contributed by atoms with E-state index in [2.05, 4.69) is 0 Å². The summed E-state index contributed by atoms with van der Waals surface area (Å²) in [5.74, 6) is -1.17. The number of nitrogens with zero attached hydrogens (tertiary/aromatic N) is 3. The fraction of sp³-hybridized carbons (Fsp3) is 0.600. The summed E-state index contributed by atoms with van der Waals surface area (Å²) in [6.45, 7) is 8.45. The monoisotopic (exact) mass is 323 g/mol. The van der Waals surface area contributed by atoms with Gasteiger partial charge in [0, 0.05) is 25.2 Å². The molecule has 8 nitrogen and oxygen atoms in total. The Kier molecular flexibility index (Phi) is 4.72. The molecule has 1 aliphatic rings. The molecule has 2 amide bonds. The Balaban J connectivity index is 1.96. The number of amides is 2. The van der Waals surface area contributed by atoms with Crippen molar-refractivity contribution >= 4 is 17.7 Å². The van der Waals surface area contributed by atoms with E-state index in [1.165, 1.54) is 11.0 Å². The third kappa shape index (κ3) is 3.35. The van der Waals surface area contributed by atoms with Crippen LogP contribution in [0.1, 0.15) is 38.2 Å². The zero-order valence-corrected chi connectivity index (χ0v) is 13.7. The first-order valence-corrected chi connectivity index (χ1v) is 7.58. The molecule has 2 rings (SSSR count). The van der Waals surface area contributed by atoms with Crippen LogP contribution in [0.5, 0.6) is 0 Å². The fourth-order valence-electron chi connectivity index (χ4n) is 2.81. The Hall–Kier alpha value is -2.38. The van der Waals surface area contributed by atoms with Crippen LogP contribution in [-0.2, 0) is 4.79 Å². The third-order valence-electron chi connectivity index (χ3n) is 3.87. The van der Waals surface area contributed by atoms with Gasteiger partial charge < -0.3 is 14.2 Å². The van der Waals surface area contributed by atoms with E-state index >= 15 is 0 Å². The van der Waals surface area contributed by atoms with Crippen LogP contribution in [0.2, 0.25) is 0 Å². The van der Waals surface area contributed by atoms with Gasteiger partial charge in [-0.1, -0.05) is 0 Å². The Bertz CT molecular complexity index is 608. The van der Waals surface area contributed by atoms with E-state index < -0.39 is 16.7 Å². The fourth-order valence-corrected chi connectivity index (χ4v) is 2.81. The molecule has 0 aromatic carbocycles.